The molecule has 7 nitrogen and oxygen atoms in total. The maximum absolute atomic E-state index is 5.94. The van der Waals surface area contributed by atoms with Crippen molar-refractivity contribution < 1.29 is 4.90 Å². The van der Waals surface area contributed by atoms with Crippen LogP contribution in [0.1, 0.15) is 29.4 Å². The number of para-hydroxylation sites is 2. The van der Waals surface area contributed by atoms with E-state index in [1.54, 1.807) is 11.3 Å². The highest BCUT2D eigenvalue weighted by atomic mass is 32.1. The summed E-state index contributed by atoms with van der Waals surface area (Å²) in [4.78, 5) is 19.2. The molecule has 4 aromatic rings. The van der Waals surface area contributed by atoms with Gasteiger partial charge in [0, 0.05) is 5.69 Å². The molecule has 1 unspecified atom stereocenters. The molecule has 0 radical (unpaired) electrons. The third-order valence-corrected chi connectivity index (χ3v) is 6.17. The molecule has 0 aliphatic carbocycles. The lowest BCUT2D eigenvalue weighted by Crippen LogP contribution is -3.07. The first-order valence-electron chi connectivity index (χ1n) is 9.50. The van der Waals surface area contributed by atoms with Crippen LogP contribution in [0.25, 0.3) is 10.2 Å². The molecule has 2 aromatic carbocycles. The number of aromatic nitrogens is 4. The summed E-state index contributed by atoms with van der Waals surface area (Å²) < 4.78 is 1.20. The van der Waals surface area contributed by atoms with Crippen LogP contribution in [0, 0.1) is 6.92 Å². The molecule has 2 heterocycles. The van der Waals surface area contributed by atoms with Crippen LogP contribution in [0.2, 0.25) is 0 Å². The van der Waals surface area contributed by atoms with E-state index in [1.165, 1.54) is 9.60 Å². The van der Waals surface area contributed by atoms with Crippen LogP contribution in [0.15, 0.2) is 48.5 Å². The van der Waals surface area contributed by atoms with Crippen LogP contribution in [0.5, 0.6) is 0 Å². The van der Waals surface area contributed by atoms with E-state index in [2.05, 4.69) is 40.3 Å². The average molecular weight is 407 g/mol. The second-order valence-corrected chi connectivity index (χ2v) is 8.20. The van der Waals surface area contributed by atoms with E-state index in [9.17, 15) is 0 Å². The molecule has 0 spiro atoms. The Balaban J connectivity index is 1.52. The summed E-state index contributed by atoms with van der Waals surface area (Å²) >= 11 is 1.73. The van der Waals surface area contributed by atoms with Gasteiger partial charge in [0.15, 0.2) is 10.8 Å². The molecule has 4 rings (SSSR count). The number of nitrogens with one attached hydrogen (secondary N) is 2. The predicted octanol–water partition coefficient (Wildman–Crippen LogP) is 2.89. The Kier molecular flexibility index (Phi) is 5.37. The van der Waals surface area contributed by atoms with Crippen molar-refractivity contribution in [3.8, 4) is 0 Å². The summed E-state index contributed by atoms with van der Waals surface area (Å²) in [6.45, 7) is 4.82. The molecule has 4 N–H and O–H groups in total. The summed E-state index contributed by atoms with van der Waals surface area (Å²) in [6, 6.07) is 16.4. The number of hydrogen-bond donors (Lipinski definition) is 3. The van der Waals surface area contributed by atoms with Crippen LogP contribution in [0.4, 0.5) is 17.6 Å². The molecule has 0 saturated heterocycles. The maximum atomic E-state index is 5.94. The number of benzene rings is 2. The molecule has 0 aliphatic rings. The van der Waals surface area contributed by atoms with E-state index >= 15 is 0 Å². The van der Waals surface area contributed by atoms with Crippen molar-refractivity contribution in [3.05, 3.63) is 64.9 Å². The molecule has 0 aliphatic heterocycles. The Hall–Kier alpha value is -3.10. The second kappa shape index (κ2) is 8.10. The van der Waals surface area contributed by atoms with Gasteiger partial charge in [0.2, 0.25) is 11.9 Å². The van der Waals surface area contributed by atoms with Gasteiger partial charge in [-0.1, -0.05) is 30.3 Å². The molecule has 8 heteroatoms. The number of rotatable bonds is 6. The molecule has 0 amide bonds. The molecule has 2 aromatic heterocycles. The van der Waals surface area contributed by atoms with Gasteiger partial charge >= 0.3 is 0 Å². The number of nitrogens with zero attached hydrogens (tertiary/aromatic N) is 4. The van der Waals surface area contributed by atoms with E-state index < -0.39 is 0 Å². The van der Waals surface area contributed by atoms with Crippen molar-refractivity contribution >= 4 is 39.1 Å². The third-order valence-electron chi connectivity index (χ3n) is 4.95. The summed E-state index contributed by atoms with van der Waals surface area (Å²) in [5.41, 5.74) is 9.05. The van der Waals surface area contributed by atoms with Gasteiger partial charge in [0.25, 0.3) is 0 Å². The number of aryl methyl sites for hydroxylation is 1. The Morgan fingerprint density at radius 1 is 1.03 bits per heavy atom. The van der Waals surface area contributed by atoms with E-state index in [0.29, 0.717) is 18.3 Å². The van der Waals surface area contributed by atoms with Crippen LogP contribution < -0.4 is 16.0 Å². The first-order chi connectivity index (χ1) is 14.0. The largest absolute Gasteiger partial charge is 0.368 e. The highest BCUT2D eigenvalue weighted by Crippen LogP contribution is 2.25. The zero-order chi connectivity index (χ0) is 20.4. The maximum Gasteiger partial charge on any atom is 0.232 e. The minimum atomic E-state index is 0.207. The summed E-state index contributed by atoms with van der Waals surface area (Å²) in [6.07, 6.45) is 0. The van der Waals surface area contributed by atoms with Gasteiger partial charge in [-0.05, 0) is 37.6 Å². The molecule has 148 valence electrons. The highest BCUT2D eigenvalue weighted by Gasteiger charge is 2.21. The number of nitrogens with two attached hydrogens (primary N) is 1. The summed E-state index contributed by atoms with van der Waals surface area (Å²) in [5, 5.41) is 4.34. The van der Waals surface area contributed by atoms with Gasteiger partial charge < -0.3 is 16.0 Å². The quantitative estimate of drug-likeness (QED) is 0.456. The van der Waals surface area contributed by atoms with Gasteiger partial charge in [-0.3, -0.25) is 0 Å². The molecule has 0 saturated carbocycles. The molecule has 0 bridgehead atoms. The van der Waals surface area contributed by atoms with E-state index in [1.807, 2.05) is 49.4 Å². The lowest BCUT2D eigenvalue weighted by atomic mass is 10.2. The molecular weight excluding hydrogens is 382 g/mol. The standard InChI is InChI=1S/C21H23N7S/c1-13-8-4-5-9-15(13)24-21-26-18(25-20(22)27-21)12-28(3)14(2)19-23-16-10-6-7-11-17(16)29-19/h4-11,14H,12H2,1-3H3,(H3,22,24,25,26,27)/p+1/t14-/m0/s1. The number of quaternary nitrogens is 1. The van der Waals surface area contributed by atoms with Crippen molar-refractivity contribution in [2.24, 2.45) is 0 Å². The van der Waals surface area contributed by atoms with Gasteiger partial charge in [0.05, 0.1) is 17.3 Å². The van der Waals surface area contributed by atoms with Crippen LogP contribution >= 0.6 is 11.3 Å². The van der Waals surface area contributed by atoms with Gasteiger partial charge in [-0.15, -0.1) is 11.3 Å². The van der Waals surface area contributed by atoms with E-state index in [4.69, 9.17) is 10.7 Å². The number of anilines is 3. The van der Waals surface area contributed by atoms with Crippen molar-refractivity contribution in [3.63, 3.8) is 0 Å². The lowest BCUT2D eigenvalue weighted by Gasteiger charge is -2.19. The fourth-order valence-corrected chi connectivity index (χ4v) is 4.21. The summed E-state index contributed by atoms with van der Waals surface area (Å²) in [5.74, 6) is 1.33. The Morgan fingerprint density at radius 3 is 2.59 bits per heavy atom. The predicted molar refractivity (Wildman–Crippen MR) is 117 cm³/mol. The van der Waals surface area contributed by atoms with E-state index in [0.717, 1.165) is 21.8 Å². The minimum Gasteiger partial charge on any atom is -0.368 e. The van der Waals surface area contributed by atoms with Crippen molar-refractivity contribution in [2.45, 2.75) is 26.4 Å². The fraction of sp³-hybridized carbons (Fsp3) is 0.238. The first-order valence-corrected chi connectivity index (χ1v) is 10.3. The monoisotopic (exact) mass is 406 g/mol. The SMILES string of the molecule is Cc1ccccc1Nc1nc(N)nc(C[NH+](C)[C@@H](C)c2nc3ccccc3s2)n1. The van der Waals surface area contributed by atoms with Crippen molar-refractivity contribution in [2.75, 3.05) is 18.1 Å². The van der Waals surface area contributed by atoms with Gasteiger partial charge in [0.1, 0.15) is 12.6 Å². The summed E-state index contributed by atoms with van der Waals surface area (Å²) in [7, 11) is 2.12. The van der Waals surface area contributed by atoms with Crippen LogP contribution in [-0.2, 0) is 6.54 Å². The smallest absolute Gasteiger partial charge is 0.232 e. The average Bonchev–Trinajstić information content (AvgIpc) is 3.13. The number of fused-ring (bicyclic) bond motifs is 1. The molecule has 0 fully saturated rings. The first kappa shape index (κ1) is 19.2. The highest BCUT2D eigenvalue weighted by molar-refractivity contribution is 7.18. The van der Waals surface area contributed by atoms with Crippen molar-refractivity contribution in [1.29, 1.82) is 0 Å². The van der Waals surface area contributed by atoms with Crippen molar-refractivity contribution in [1.82, 2.24) is 19.9 Å². The van der Waals surface area contributed by atoms with E-state index in [-0.39, 0.29) is 12.0 Å². The number of nitrogen functional groups attached to an aromatic ring is 1. The Bertz CT molecular complexity index is 1110. The number of hydrogen-bond acceptors (Lipinski definition) is 7. The Morgan fingerprint density at radius 2 is 1.79 bits per heavy atom. The van der Waals surface area contributed by atoms with Crippen LogP contribution in [0.3, 0.4) is 0 Å². The molecular formula is C21H24N7S+. The molecule has 29 heavy (non-hydrogen) atoms. The molecule has 2 atom stereocenters. The Labute approximate surface area is 173 Å². The van der Waals surface area contributed by atoms with Gasteiger partial charge in [-0.2, -0.15) is 15.0 Å². The topological polar surface area (TPSA) is 94.0 Å². The zero-order valence-corrected chi connectivity index (χ0v) is 17.5. The third kappa shape index (κ3) is 4.33. The fourth-order valence-electron chi connectivity index (χ4n) is 3.10. The minimum absolute atomic E-state index is 0.207. The normalized spacial score (nSPS) is 13.3. The lowest BCUT2D eigenvalue weighted by molar-refractivity contribution is -0.924. The van der Waals surface area contributed by atoms with Gasteiger partial charge in [-0.25, -0.2) is 4.98 Å². The number of thiazole rings is 1. The second-order valence-electron chi connectivity index (χ2n) is 7.14. The van der Waals surface area contributed by atoms with Crippen LogP contribution in [-0.4, -0.2) is 27.0 Å². The zero-order valence-electron chi connectivity index (χ0n) is 16.7.